The summed E-state index contributed by atoms with van der Waals surface area (Å²) in [5.74, 6) is 0.517. The van der Waals surface area contributed by atoms with Gasteiger partial charge in [0, 0.05) is 5.69 Å². The number of anilines is 1. The molecule has 0 spiro atoms. The minimum atomic E-state index is -0.0784. The molecule has 0 fully saturated rings. The third-order valence-electron chi connectivity index (χ3n) is 3.21. The van der Waals surface area contributed by atoms with E-state index in [0.717, 1.165) is 11.3 Å². The van der Waals surface area contributed by atoms with Gasteiger partial charge in [0.2, 0.25) is 5.91 Å². The minimum absolute atomic E-state index is 0.0784. The van der Waals surface area contributed by atoms with Crippen LogP contribution in [0, 0.1) is 13.8 Å². The zero-order chi connectivity index (χ0) is 15.2. The molecule has 0 atom stereocenters. The topological polar surface area (TPSA) is 38.3 Å². The monoisotopic (exact) mass is 303 g/mol. The first-order valence-corrected chi connectivity index (χ1v) is 7.18. The molecule has 0 saturated heterocycles. The Hall–Kier alpha value is -2.00. The Morgan fingerprint density at radius 3 is 2.62 bits per heavy atom. The molecule has 0 heterocycles. The number of hydrogen-bond acceptors (Lipinski definition) is 2. The number of carbonyl (C=O) groups is 1. The molecule has 0 aromatic heterocycles. The first kappa shape index (κ1) is 15.4. The fraction of sp³-hybridized carbons (Fsp3) is 0.235. The maximum atomic E-state index is 11.9. The lowest BCUT2D eigenvalue weighted by Gasteiger charge is -2.09. The number of para-hydroxylation sites is 1. The van der Waals surface area contributed by atoms with Crippen molar-refractivity contribution in [2.45, 2.75) is 20.3 Å². The van der Waals surface area contributed by atoms with Crippen LogP contribution in [-0.2, 0) is 4.79 Å². The van der Waals surface area contributed by atoms with Gasteiger partial charge >= 0.3 is 0 Å². The second kappa shape index (κ2) is 7.14. The maximum Gasteiger partial charge on any atom is 0.227 e. The Bertz CT molecular complexity index is 640. The van der Waals surface area contributed by atoms with Crippen LogP contribution in [0.15, 0.2) is 42.5 Å². The van der Waals surface area contributed by atoms with Gasteiger partial charge in [0.1, 0.15) is 5.75 Å². The van der Waals surface area contributed by atoms with Crippen LogP contribution in [-0.4, -0.2) is 12.5 Å². The van der Waals surface area contributed by atoms with E-state index < -0.39 is 0 Å². The molecule has 2 aromatic rings. The summed E-state index contributed by atoms with van der Waals surface area (Å²) in [6.45, 7) is 4.35. The molecule has 0 saturated carbocycles. The van der Waals surface area contributed by atoms with E-state index in [2.05, 4.69) is 5.32 Å². The van der Waals surface area contributed by atoms with Gasteiger partial charge < -0.3 is 10.1 Å². The summed E-state index contributed by atoms with van der Waals surface area (Å²) in [6.07, 6.45) is 0.276. The quantitative estimate of drug-likeness (QED) is 0.891. The van der Waals surface area contributed by atoms with Crippen molar-refractivity contribution in [1.29, 1.82) is 0 Å². The lowest BCUT2D eigenvalue weighted by molar-refractivity contribution is -0.116. The van der Waals surface area contributed by atoms with Crippen molar-refractivity contribution in [2.75, 3.05) is 11.9 Å². The second-order valence-electron chi connectivity index (χ2n) is 4.88. The van der Waals surface area contributed by atoms with Gasteiger partial charge in [-0.2, -0.15) is 0 Å². The zero-order valence-electron chi connectivity index (χ0n) is 12.2. The molecule has 1 amide bonds. The summed E-state index contributed by atoms with van der Waals surface area (Å²) in [6, 6.07) is 13.1. The third kappa shape index (κ3) is 4.50. The highest BCUT2D eigenvalue weighted by atomic mass is 35.5. The largest absolute Gasteiger partial charge is 0.491 e. The number of carbonyl (C=O) groups excluding carboxylic acids is 1. The maximum absolute atomic E-state index is 11.9. The summed E-state index contributed by atoms with van der Waals surface area (Å²) in [5, 5.41) is 3.41. The fourth-order valence-corrected chi connectivity index (χ4v) is 2.05. The molecule has 0 aliphatic rings. The normalized spacial score (nSPS) is 10.2. The second-order valence-corrected chi connectivity index (χ2v) is 5.28. The van der Waals surface area contributed by atoms with Crippen LogP contribution in [0.2, 0.25) is 5.02 Å². The van der Waals surface area contributed by atoms with E-state index in [-0.39, 0.29) is 12.3 Å². The van der Waals surface area contributed by atoms with Crippen LogP contribution >= 0.6 is 11.6 Å². The molecule has 0 bridgehead atoms. The third-order valence-corrected chi connectivity index (χ3v) is 3.53. The van der Waals surface area contributed by atoms with Crippen molar-refractivity contribution in [3.8, 4) is 5.75 Å². The Kier molecular flexibility index (Phi) is 5.23. The number of amides is 1. The van der Waals surface area contributed by atoms with E-state index in [1.807, 2.05) is 44.2 Å². The summed E-state index contributed by atoms with van der Waals surface area (Å²) >= 11 is 5.98. The van der Waals surface area contributed by atoms with Crippen molar-refractivity contribution in [3.63, 3.8) is 0 Å². The summed E-state index contributed by atoms with van der Waals surface area (Å²) in [5.41, 5.74) is 3.16. The molecule has 4 heteroatoms. The molecule has 0 unspecified atom stereocenters. The minimum Gasteiger partial charge on any atom is -0.491 e. The number of hydrogen-bond donors (Lipinski definition) is 1. The van der Waals surface area contributed by atoms with E-state index in [9.17, 15) is 4.79 Å². The molecule has 0 aliphatic carbocycles. The zero-order valence-corrected chi connectivity index (χ0v) is 12.9. The van der Waals surface area contributed by atoms with Crippen LogP contribution < -0.4 is 10.1 Å². The summed E-state index contributed by atoms with van der Waals surface area (Å²) in [4.78, 5) is 11.9. The Morgan fingerprint density at radius 2 is 1.90 bits per heavy atom. The molecule has 2 rings (SSSR count). The highest BCUT2D eigenvalue weighted by Crippen LogP contribution is 2.23. The van der Waals surface area contributed by atoms with Crippen molar-refractivity contribution in [2.24, 2.45) is 0 Å². The average Bonchev–Trinajstić information content (AvgIpc) is 2.45. The van der Waals surface area contributed by atoms with Gasteiger partial charge in [-0.3, -0.25) is 4.79 Å². The smallest absolute Gasteiger partial charge is 0.227 e. The van der Waals surface area contributed by atoms with Crippen LogP contribution in [0.1, 0.15) is 17.5 Å². The standard InChI is InChI=1S/C17H18ClNO2/c1-12-7-8-14(11-13(12)2)19-17(20)9-10-21-16-6-4-3-5-15(16)18/h3-8,11H,9-10H2,1-2H3,(H,19,20). The highest BCUT2D eigenvalue weighted by molar-refractivity contribution is 6.32. The summed E-state index contributed by atoms with van der Waals surface area (Å²) in [7, 11) is 0. The number of aryl methyl sites for hydroxylation is 2. The van der Waals surface area contributed by atoms with Gasteiger partial charge in [0.25, 0.3) is 0 Å². The first-order chi connectivity index (χ1) is 10.1. The van der Waals surface area contributed by atoms with Gasteiger partial charge in [-0.15, -0.1) is 0 Å². The van der Waals surface area contributed by atoms with E-state index >= 15 is 0 Å². The van der Waals surface area contributed by atoms with Crippen molar-refractivity contribution >= 4 is 23.2 Å². The molecular formula is C17H18ClNO2. The molecule has 0 aliphatic heterocycles. The Morgan fingerprint density at radius 1 is 1.14 bits per heavy atom. The average molecular weight is 304 g/mol. The lowest BCUT2D eigenvalue weighted by Crippen LogP contribution is -2.15. The van der Waals surface area contributed by atoms with Crippen LogP contribution in [0.5, 0.6) is 5.75 Å². The molecule has 0 radical (unpaired) electrons. The van der Waals surface area contributed by atoms with Crippen LogP contribution in [0.3, 0.4) is 0 Å². The van der Waals surface area contributed by atoms with Crippen LogP contribution in [0.25, 0.3) is 0 Å². The molecule has 1 N–H and O–H groups in total. The number of benzene rings is 2. The lowest BCUT2D eigenvalue weighted by atomic mass is 10.1. The first-order valence-electron chi connectivity index (χ1n) is 6.80. The van der Waals surface area contributed by atoms with Gasteiger partial charge in [0.05, 0.1) is 18.1 Å². The Balaban J connectivity index is 1.82. The molecule has 3 nitrogen and oxygen atoms in total. The fourth-order valence-electron chi connectivity index (χ4n) is 1.86. The summed E-state index contributed by atoms with van der Waals surface area (Å²) < 4.78 is 5.50. The van der Waals surface area contributed by atoms with E-state index in [4.69, 9.17) is 16.3 Å². The molecule has 21 heavy (non-hydrogen) atoms. The van der Waals surface area contributed by atoms with Gasteiger partial charge in [0.15, 0.2) is 0 Å². The number of rotatable bonds is 5. The van der Waals surface area contributed by atoms with Crippen molar-refractivity contribution < 1.29 is 9.53 Å². The van der Waals surface area contributed by atoms with E-state index in [1.54, 1.807) is 12.1 Å². The predicted molar refractivity (Wildman–Crippen MR) is 86.1 cm³/mol. The number of ether oxygens (including phenoxy) is 1. The Labute approximate surface area is 129 Å². The number of halogens is 1. The van der Waals surface area contributed by atoms with E-state index in [0.29, 0.717) is 17.4 Å². The van der Waals surface area contributed by atoms with Crippen molar-refractivity contribution in [1.82, 2.24) is 0 Å². The van der Waals surface area contributed by atoms with Crippen LogP contribution in [0.4, 0.5) is 5.69 Å². The predicted octanol–water partition coefficient (Wildman–Crippen LogP) is 4.36. The highest BCUT2D eigenvalue weighted by Gasteiger charge is 2.05. The molecule has 2 aromatic carbocycles. The number of nitrogens with one attached hydrogen (secondary N) is 1. The molecule has 110 valence electrons. The van der Waals surface area contributed by atoms with Gasteiger partial charge in [-0.25, -0.2) is 0 Å². The SMILES string of the molecule is Cc1ccc(NC(=O)CCOc2ccccc2Cl)cc1C. The van der Waals surface area contributed by atoms with Gasteiger partial charge in [-0.05, 0) is 49.2 Å². The van der Waals surface area contributed by atoms with E-state index in [1.165, 1.54) is 5.56 Å². The molecular weight excluding hydrogens is 286 g/mol. The van der Waals surface area contributed by atoms with Gasteiger partial charge in [-0.1, -0.05) is 29.8 Å². The van der Waals surface area contributed by atoms with Crippen molar-refractivity contribution in [3.05, 3.63) is 58.6 Å².